The Morgan fingerprint density at radius 1 is 0.717 bits per heavy atom. The highest BCUT2D eigenvalue weighted by atomic mass is 16.5. The number of benzene rings is 3. The largest absolute Gasteiger partial charge is 0.493 e. The molecule has 0 saturated heterocycles. The third-order valence-corrected chi connectivity index (χ3v) is 9.24. The summed E-state index contributed by atoms with van der Waals surface area (Å²) < 4.78 is 11.8. The second-order valence-corrected chi connectivity index (χ2v) is 13.8. The van der Waals surface area contributed by atoms with Gasteiger partial charge >= 0.3 is 5.97 Å². The number of rotatable bonds is 19. The molecule has 0 aliphatic heterocycles. The van der Waals surface area contributed by atoms with Crippen LogP contribution in [0, 0.1) is 10.8 Å². The molecule has 0 amide bonds. The average molecular weight is 631 g/mol. The maximum absolute atomic E-state index is 12.4. The third kappa shape index (κ3) is 11.0. The van der Waals surface area contributed by atoms with Gasteiger partial charge in [0.05, 0.1) is 31.8 Å². The molecule has 5 nitrogen and oxygen atoms in total. The molecule has 0 heterocycles. The Balaban J connectivity index is 1.77. The molecular formula is C41H58O5. The molecule has 0 spiro atoms. The Bertz CT molecular complexity index is 1340. The van der Waals surface area contributed by atoms with Crippen molar-refractivity contribution >= 4 is 5.97 Å². The van der Waals surface area contributed by atoms with Crippen LogP contribution in [0.2, 0.25) is 0 Å². The smallest absolute Gasteiger partial charge is 0.311 e. The zero-order valence-corrected chi connectivity index (χ0v) is 29.3. The minimum Gasteiger partial charge on any atom is -0.493 e. The zero-order valence-electron chi connectivity index (χ0n) is 29.3. The maximum Gasteiger partial charge on any atom is 0.311 e. The van der Waals surface area contributed by atoms with Crippen LogP contribution in [0.4, 0.5) is 0 Å². The molecule has 3 aromatic rings. The lowest BCUT2D eigenvalue weighted by atomic mass is 9.84. The highest BCUT2D eigenvalue weighted by Gasteiger charge is 2.27. The molecule has 3 rings (SSSR count). The normalized spacial score (nSPS) is 11.9. The minimum atomic E-state index is -0.561. The molecular weight excluding hydrogens is 572 g/mol. The lowest BCUT2D eigenvalue weighted by Gasteiger charge is -2.28. The van der Waals surface area contributed by atoms with Gasteiger partial charge in [0, 0.05) is 11.8 Å². The second kappa shape index (κ2) is 18.3. The van der Waals surface area contributed by atoms with Crippen molar-refractivity contribution in [2.24, 2.45) is 10.8 Å². The van der Waals surface area contributed by atoms with Crippen molar-refractivity contribution in [1.82, 2.24) is 0 Å². The number of hydrogen-bond acceptors (Lipinski definition) is 5. The molecule has 252 valence electrons. The fraction of sp³-hybridized carbons (Fsp3) is 0.537. The monoisotopic (exact) mass is 630 g/mol. The molecule has 5 heteroatoms. The topological polar surface area (TPSA) is 76.0 Å². The van der Waals surface area contributed by atoms with Gasteiger partial charge in [0.15, 0.2) is 0 Å². The Kier molecular flexibility index (Phi) is 14.8. The third-order valence-electron chi connectivity index (χ3n) is 9.24. The van der Waals surface area contributed by atoms with Crippen LogP contribution in [-0.2, 0) is 41.6 Å². The summed E-state index contributed by atoms with van der Waals surface area (Å²) in [6.07, 6.45) is 9.66. The summed E-state index contributed by atoms with van der Waals surface area (Å²) in [5, 5.41) is 19.7. The molecule has 2 N–H and O–H groups in total. The number of carbonyl (C=O) groups excluding carboxylic acids is 1. The number of aliphatic hydroxyl groups excluding tert-OH is 2. The summed E-state index contributed by atoms with van der Waals surface area (Å²) in [5.74, 6) is 0.513. The molecule has 0 fully saturated rings. The SMILES string of the molecule is CCCCCc1ccc(CCc2ccc(-c3ccc(OCCC(CC)(CO)CO)c(CCOC(=O)C(C)(C)C)c3)c(CC)c2)cc1. The van der Waals surface area contributed by atoms with Crippen LogP contribution in [0.15, 0.2) is 60.7 Å². The standard InChI is InChI=1S/C41H58O5/c1-7-10-11-12-31-13-15-32(16-14-31)17-18-33-19-21-37(34(8-2)27-33)35-20-22-38(45-26-24-41(9-3,29-42)30-43)36(28-35)23-25-46-39(44)40(4,5)6/h13-16,19-22,27-28,42-43H,7-12,17-18,23-26,29-30H2,1-6H3. The Hall–Kier alpha value is -3.15. The zero-order chi connectivity index (χ0) is 33.6. The summed E-state index contributed by atoms with van der Waals surface area (Å²) in [5.41, 5.74) is 7.62. The van der Waals surface area contributed by atoms with E-state index in [0.29, 0.717) is 25.9 Å². The van der Waals surface area contributed by atoms with Gasteiger partial charge in [-0.3, -0.25) is 4.79 Å². The summed E-state index contributed by atoms with van der Waals surface area (Å²) in [6.45, 7) is 12.5. The molecule has 0 atom stereocenters. The summed E-state index contributed by atoms with van der Waals surface area (Å²) in [4.78, 5) is 12.4. The van der Waals surface area contributed by atoms with Crippen molar-refractivity contribution in [1.29, 1.82) is 0 Å². The van der Waals surface area contributed by atoms with Crippen molar-refractivity contribution in [3.05, 3.63) is 88.5 Å². The highest BCUT2D eigenvalue weighted by molar-refractivity contribution is 5.75. The quantitative estimate of drug-likeness (QED) is 0.102. The van der Waals surface area contributed by atoms with Gasteiger partial charge in [-0.25, -0.2) is 0 Å². The summed E-state index contributed by atoms with van der Waals surface area (Å²) >= 11 is 0. The van der Waals surface area contributed by atoms with E-state index < -0.39 is 10.8 Å². The van der Waals surface area contributed by atoms with Crippen LogP contribution >= 0.6 is 0 Å². The number of unbranched alkanes of at least 4 members (excludes halogenated alkanes) is 2. The van der Waals surface area contributed by atoms with E-state index in [-0.39, 0.29) is 25.8 Å². The van der Waals surface area contributed by atoms with Gasteiger partial charge < -0.3 is 19.7 Å². The van der Waals surface area contributed by atoms with Gasteiger partial charge in [0.1, 0.15) is 5.75 Å². The Labute approximate surface area is 278 Å². The molecule has 0 aliphatic rings. The van der Waals surface area contributed by atoms with Crippen molar-refractivity contribution < 1.29 is 24.5 Å². The van der Waals surface area contributed by atoms with Crippen molar-refractivity contribution in [2.45, 2.75) is 106 Å². The predicted octanol–water partition coefficient (Wildman–Crippen LogP) is 8.72. The first-order valence-corrected chi connectivity index (χ1v) is 17.4. The van der Waals surface area contributed by atoms with Crippen LogP contribution in [0.1, 0.15) is 101 Å². The molecule has 0 bridgehead atoms. The lowest BCUT2D eigenvalue weighted by molar-refractivity contribution is -0.152. The van der Waals surface area contributed by atoms with E-state index in [0.717, 1.165) is 36.1 Å². The van der Waals surface area contributed by atoms with Crippen molar-refractivity contribution in [2.75, 3.05) is 26.4 Å². The van der Waals surface area contributed by atoms with Crippen molar-refractivity contribution in [3.63, 3.8) is 0 Å². The van der Waals surface area contributed by atoms with Crippen LogP contribution in [0.3, 0.4) is 0 Å². The second-order valence-electron chi connectivity index (χ2n) is 13.8. The average Bonchev–Trinajstić information content (AvgIpc) is 3.06. The van der Waals surface area contributed by atoms with Gasteiger partial charge in [0.25, 0.3) is 0 Å². The van der Waals surface area contributed by atoms with Crippen LogP contribution < -0.4 is 4.74 Å². The van der Waals surface area contributed by atoms with Gasteiger partial charge in [-0.05, 0) is 117 Å². The Morgan fingerprint density at radius 3 is 1.98 bits per heavy atom. The molecule has 0 saturated carbocycles. The molecule has 3 aromatic carbocycles. The Morgan fingerprint density at radius 2 is 1.37 bits per heavy atom. The first kappa shape index (κ1) is 37.3. The number of carbonyl (C=O) groups is 1. The van der Waals surface area contributed by atoms with E-state index in [1.54, 1.807) is 0 Å². The minimum absolute atomic E-state index is 0.0842. The number of hydrogen-bond donors (Lipinski definition) is 2. The number of aryl methyl sites for hydroxylation is 4. The van der Waals surface area contributed by atoms with Gasteiger partial charge in [-0.2, -0.15) is 0 Å². The summed E-state index contributed by atoms with van der Waals surface area (Å²) in [7, 11) is 0. The number of aliphatic hydroxyl groups is 2. The van der Waals surface area contributed by atoms with E-state index in [1.807, 2.05) is 33.8 Å². The van der Waals surface area contributed by atoms with Crippen molar-refractivity contribution in [3.8, 4) is 16.9 Å². The summed E-state index contributed by atoms with van der Waals surface area (Å²) in [6, 6.07) is 22.2. The maximum atomic E-state index is 12.4. The number of esters is 1. The van der Waals surface area contributed by atoms with Gasteiger partial charge in [0.2, 0.25) is 0 Å². The molecule has 0 radical (unpaired) electrons. The predicted molar refractivity (Wildman–Crippen MR) is 189 cm³/mol. The van der Waals surface area contributed by atoms with E-state index in [4.69, 9.17) is 9.47 Å². The van der Waals surface area contributed by atoms with Crippen LogP contribution in [0.5, 0.6) is 5.75 Å². The van der Waals surface area contributed by atoms with E-state index in [9.17, 15) is 15.0 Å². The molecule has 46 heavy (non-hydrogen) atoms. The van der Waals surface area contributed by atoms with E-state index >= 15 is 0 Å². The number of ether oxygens (including phenoxy) is 2. The van der Waals surface area contributed by atoms with Gasteiger partial charge in [-0.1, -0.05) is 82.1 Å². The molecule has 0 unspecified atom stereocenters. The lowest BCUT2D eigenvalue weighted by Crippen LogP contribution is -2.31. The van der Waals surface area contributed by atoms with Crippen LogP contribution in [0.25, 0.3) is 11.1 Å². The van der Waals surface area contributed by atoms with Crippen LogP contribution in [-0.4, -0.2) is 42.6 Å². The fourth-order valence-electron chi connectivity index (χ4n) is 5.66. The molecule has 0 aromatic heterocycles. The fourth-order valence-corrected chi connectivity index (χ4v) is 5.66. The van der Waals surface area contributed by atoms with E-state index in [1.165, 1.54) is 53.5 Å². The van der Waals surface area contributed by atoms with Gasteiger partial charge in [-0.15, -0.1) is 0 Å². The van der Waals surface area contributed by atoms with E-state index in [2.05, 4.69) is 68.4 Å². The molecule has 0 aliphatic carbocycles. The first-order valence-electron chi connectivity index (χ1n) is 17.4. The highest BCUT2D eigenvalue weighted by Crippen LogP contribution is 2.32. The first-order chi connectivity index (χ1) is 22.1.